The van der Waals surface area contributed by atoms with Crippen LogP contribution in [0.2, 0.25) is 0 Å². The molecule has 6 heteroatoms. The highest BCUT2D eigenvalue weighted by Gasteiger charge is 2.26. The Morgan fingerprint density at radius 3 is 3.09 bits per heavy atom. The zero-order chi connectivity index (χ0) is 15.5. The smallest absolute Gasteiger partial charge is 0.331 e. The molecule has 118 valence electrons. The summed E-state index contributed by atoms with van der Waals surface area (Å²) in [6.07, 6.45) is 2.15. The van der Waals surface area contributed by atoms with Crippen LogP contribution < -0.4 is 15.0 Å². The first-order valence-electron chi connectivity index (χ1n) is 7.56. The molecule has 6 nitrogen and oxygen atoms in total. The molecule has 0 aliphatic carbocycles. The molecule has 1 amide bonds. The van der Waals surface area contributed by atoms with Crippen LogP contribution in [0.15, 0.2) is 18.2 Å². The highest BCUT2D eigenvalue weighted by atomic mass is 16.5. The van der Waals surface area contributed by atoms with Crippen LogP contribution in [0.5, 0.6) is 5.75 Å². The molecule has 1 N–H and O–H groups in total. The number of ether oxygens (including phenoxy) is 2. The summed E-state index contributed by atoms with van der Waals surface area (Å²) in [5.74, 6) is 0.0601. The molecule has 3 rings (SSSR count). The SMILES string of the molecule is Cc1ccc2c(c1)OC(=O)CN2CC(=O)NCC1CCCO1. The van der Waals surface area contributed by atoms with Gasteiger partial charge in [-0.05, 0) is 37.5 Å². The fourth-order valence-electron chi connectivity index (χ4n) is 2.76. The lowest BCUT2D eigenvalue weighted by molar-refractivity contribution is -0.133. The minimum atomic E-state index is -0.343. The number of nitrogens with one attached hydrogen (secondary N) is 1. The van der Waals surface area contributed by atoms with Gasteiger partial charge in [0.25, 0.3) is 0 Å². The number of hydrogen-bond acceptors (Lipinski definition) is 5. The summed E-state index contributed by atoms with van der Waals surface area (Å²) in [5.41, 5.74) is 1.79. The van der Waals surface area contributed by atoms with Gasteiger partial charge in [0.15, 0.2) is 5.75 Å². The Labute approximate surface area is 129 Å². The molecule has 0 saturated carbocycles. The average Bonchev–Trinajstić information content (AvgIpc) is 2.97. The number of fused-ring (bicyclic) bond motifs is 1. The van der Waals surface area contributed by atoms with E-state index in [4.69, 9.17) is 9.47 Å². The van der Waals surface area contributed by atoms with Crippen molar-refractivity contribution in [2.45, 2.75) is 25.9 Å². The van der Waals surface area contributed by atoms with Crippen molar-refractivity contribution in [3.05, 3.63) is 23.8 Å². The third-order valence-corrected chi connectivity index (χ3v) is 3.89. The molecule has 2 aliphatic heterocycles. The molecule has 0 aromatic heterocycles. The van der Waals surface area contributed by atoms with Crippen LogP contribution in [-0.2, 0) is 14.3 Å². The van der Waals surface area contributed by atoms with Crippen LogP contribution in [0.1, 0.15) is 18.4 Å². The molecule has 1 saturated heterocycles. The molecule has 1 aromatic carbocycles. The van der Waals surface area contributed by atoms with Gasteiger partial charge in [0.05, 0.1) is 18.3 Å². The van der Waals surface area contributed by atoms with Crippen LogP contribution in [0, 0.1) is 6.92 Å². The summed E-state index contributed by atoms with van der Waals surface area (Å²) in [5, 5.41) is 2.87. The lowest BCUT2D eigenvalue weighted by Crippen LogP contribution is -2.44. The molecule has 0 bridgehead atoms. The van der Waals surface area contributed by atoms with Gasteiger partial charge in [-0.1, -0.05) is 6.07 Å². The highest BCUT2D eigenvalue weighted by molar-refractivity contribution is 5.89. The molecule has 22 heavy (non-hydrogen) atoms. The summed E-state index contributed by atoms with van der Waals surface area (Å²) in [6.45, 7) is 3.45. The van der Waals surface area contributed by atoms with E-state index in [9.17, 15) is 9.59 Å². The summed E-state index contributed by atoms with van der Waals surface area (Å²) in [6, 6.07) is 5.63. The van der Waals surface area contributed by atoms with Gasteiger partial charge in [0.1, 0.15) is 6.54 Å². The Morgan fingerprint density at radius 1 is 1.45 bits per heavy atom. The number of nitrogens with zero attached hydrogens (tertiary/aromatic N) is 1. The minimum Gasteiger partial charge on any atom is -0.423 e. The summed E-state index contributed by atoms with van der Waals surface area (Å²) >= 11 is 0. The van der Waals surface area contributed by atoms with E-state index in [2.05, 4.69) is 5.32 Å². The number of carbonyl (C=O) groups excluding carboxylic acids is 2. The Kier molecular flexibility index (Phi) is 4.29. The quantitative estimate of drug-likeness (QED) is 0.664. The number of esters is 1. The maximum Gasteiger partial charge on any atom is 0.331 e. The molecule has 2 aliphatic rings. The molecule has 0 radical (unpaired) electrons. The second kappa shape index (κ2) is 6.36. The second-order valence-corrected chi connectivity index (χ2v) is 5.74. The van der Waals surface area contributed by atoms with Crippen molar-refractivity contribution in [3.63, 3.8) is 0 Å². The Morgan fingerprint density at radius 2 is 2.32 bits per heavy atom. The van der Waals surface area contributed by atoms with Gasteiger partial charge < -0.3 is 19.7 Å². The molecule has 1 unspecified atom stereocenters. The molecule has 1 atom stereocenters. The predicted octanol–water partition coefficient (Wildman–Crippen LogP) is 1.02. The first-order valence-corrected chi connectivity index (χ1v) is 7.56. The van der Waals surface area contributed by atoms with Crippen molar-refractivity contribution in [1.29, 1.82) is 0 Å². The molecule has 2 heterocycles. The summed E-state index contributed by atoms with van der Waals surface area (Å²) < 4.78 is 10.7. The third kappa shape index (κ3) is 3.39. The van der Waals surface area contributed by atoms with Crippen LogP contribution in [0.25, 0.3) is 0 Å². The lowest BCUT2D eigenvalue weighted by Gasteiger charge is -2.29. The van der Waals surface area contributed by atoms with Crippen molar-refractivity contribution in [2.24, 2.45) is 0 Å². The first-order chi connectivity index (χ1) is 10.6. The molecule has 0 spiro atoms. The monoisotopic (exact) mass is 304 g/mol. The van der Waals surface area contributed by atoms with Gasteiger partial charge in [0, 0.05) is 13.2 Å². The van der Waals surface area contributed by atoms with Crippen molar-refractivity contribution < 1.29 is 19.1 Å². The van der Waals surface area contributed by atoms with Crippen molar-refractivity contribution in [2.75, 3.05) is 31.1 Å². The normalized spacial score (nSPS) is 20.5. The predicted molar refractivity (Wildman–Crippen MR) is 81.0 cm³/mol. The number of aryl methyl sites for hydroxylation is 1. The van der Waals surface area contributed by atoms with E-state index in [0.717, 1.165) is 30.7 Å². The van der Waals surface area contributed by atoms with E-state index in [1.54, 1.807) is 4.90 Å². The standard InChI is InChI=1S/C16H20N2O4/c1-11-4-5-13-14(7-11)22-16(20)10-18(13)9-15(19)17-8-12-3-2-6-21-12/h4-5,7,12H,2-3,6,8-10H2,1H3,(H,17,19). The van der Waals surface area contributed by atoms with Gasteiger partial charge in [-0.2, -0.15) is 0 Å². The first kappa shape index (κ1) is 14.8. The van der Waals surface area contributed by atoms with Crippen LogP contribution in [0.3, 0.4) is 0 Å². The Bertz CT molecular complexity index is 582. The highest BCUT2D eigenvalue weighted by Crippen LogP contribution is 2.32. The third-order valence-electron chi connectivity index (χ3n) is 3.89. The zero-order valence-electron chi connectivity index (χ0n) is 12.6. The lowest BCUT2D eigenvalue weighted by atomic mass is 10.1. The molecule has 1 fully saturated rings. The van der Waals surface area contributed by atoms with E-state index in [1.165, 1.54) is 0 Å². The van der Waals surface area contributed by atoms with Crippen LogP contribution in [0.4, 0.5) is 5.69 Å². The topological polar surface area (TPSA) is 67.9 Å². The van der Waals surface area contributed by atoms with E-state index in [0.29, 0.717) is 12.3 Å². The number of rotatable bonds is 4. The van der Waals surface area contributed by atoms with Crippen molar-refractivity contribution >= 4 is 17.6 Å². The minimum absolute atomic E-state index is 0.0867. The Hall–Kier alpha value is -2.08. The maximum absolute atomic E-state index is 12.1. The van der Waals surface area contributed by atoms with Gasteiger partial charge in [0.2, 0.25) is 5.91 Å². The van der Waals surface area contributed by atoms with Gasteiger partial charge in [-0.3, -0.25) is 4.79 Å². The van der Waals surface area contributed by atoms with E-state index >= 15 is 0 Å². The fourth-order valence-corrected chi connectivity index (χ4v) is 2.76. The molecular formula is C16H20N2O4. The van der Waals surface area contributed by atoms with Gasteiger partial charge >= 0.3 is 5.97 Å². The van der Waals surface area contributed by atoms with Crippen LogP contribution in [-0.4, -0.2) is 44.2 Å². The second-order valence-electron chi connectivity index (χ2n) is 5.74. The molecule has 1 aromatic rings. The fraction of sp³-hybridized carbons (Fsp3) is 0.500. The molecular weight excluding hydrogens is 284 g/mol. The van der Waals surface area contributed by atoms with Crippen molar-refractivity contribution in [3.8, 4) is 5.75 Å². The number of amides is 1. The number of benzene rings is 1. The summed E-state index contributed by atoms with van der Waals surface area (Å²) in [7, 11) is 0. The maximum atomic E-state index is 12.1. The largest absolute Gasteiger partial charge is 0.423 e. The van der Waals surface area contributed by atoms with Crippen molar-refractivity contribution in [1.82, 2.24) is 5.32 Å². The number of hydrogen-bond donors (Lipinski definition) is 1. The number of carbonyl (C=O) groups is 2. The van der Waals surface area contributed by atoms with E-state index in [-0.39, 0.29) is 31.1 Å². The summed E-state index contributed by atoms with van der Waals surface area (Å²) in [4.78, 5) is 25.5. The average molecular weight is 304 g/mol. The zero-order valence-corrected chi connectivity index (χ0v) is 12.6. The van der Waals surface area contributed by atoms with Crippen LogP contribution >= 0.6 is 0 Å². The van der Waals surface area contributed by atoms with Gasteiger partial charge in [-0.25, -0.2) is 4.79 Å². The number of anilines is 1. The van der Waals surface area contributed by atoms with E-state index in [1.807, 2.05) is 25.1 Å². The van der Waals surface area contributed by atoms with E-state index < -0.39 is 0 Å². The Balaban J connectivity index is 1.62. The van der Waals surface area contributed by atoms with Gasteiger partial charge in [-0.15, -0.1) is 0 Å².